The van der Waals surface area contributed by atoms with Crippen molar-refractivity contribution in [3.05, 3.63) is 47.7 Å². The largest absolute Gasteiger partial charge is 0.471 e. The molecule has 1 aromatic heterocycles. The second kappa shape index (κ2) is 9.83. The van der Waals surface area contributed by atoms with Crippen molar-refractivity contribution in [1.82, 2.24) is 9.97 Å². The van der Waals surface area contributed by atoms with E-state index in [0.717, 1.165) is 31.0 Å². The van der Waals surface area contributed by atoms with E-state index in [0.29, 0.717) is 6.61 Å². The molecule has 8 heteroatoms. The number of nitrogens with one attached hydrogen (secondary N) is 1. The molecule has 0 aliphatic heterocycles. The molecule has 0 aliphatic rings. The Balaban J connectivity index is 1.90. The zero-order valence-electron chi connectivity index (χ0n) is 13.8. The number of aromatic nitrogens is 2. The van der Waals surface area contributed by atoms with Gasteiger partial charge in [0.05, 0.1) is 12.8 Å². The summed E-state index contributed by atoms with van der Waals surface area (Å²) in [6, 6.07) is 5.79. The van der Waals surface area contributed by atoms with E-state index >= 15 is 0 Å². The van der Waals surface area contributed by atoms with Gasteiger partial charge in [-0.3, -0.25) is 5.32 Å². The summed E-state index contributed by atoms with van der Waals surface area (Å²) in [6.07, 6.45) is 3.95. The number of unbranched alkanes of at least 4 members (excludes halogenated alkanes) is 2. The lowest BCUT2D eigenvalue weighted by molar-refractivity contribution is 0.279. The fraction of sp³-hybridized carbons (Fsp3) is 0.353. The van der Waals surface area contributed by atoms with E-state index in [1.54, 1.807) is 12.1 Å². The van der Waals surface area contributed by atoms with Crippen LogP contribution in [0.4, 0.5) is 14.6 Å². The highest BCUT2D eigenvalue weighted by Crippen LogP contribution is 2.15. The van der Waals surface area contributed by atoms with Crippen molar-refractivity contribution in [3.63, 3.8) is 0 Å². The van der Waals surface area contributed by atoms with Gasteiger partial charge in [-0.15, -0.1) is 0 Å². The third-order valence-corrected chi connectivity index (χ3v) is 3.42. The SMILES string of the molecule is CCCCCOC(=S)Nc1nc(OCc2ccc(F)cc2)ncc1F. The molecule has 5 nitrogen and oxygen atoms in total. The molecule has 0 atom stereocenters. The molecule has 2 aromatic rings. The molecule has 0 saturated carbocycles. The normalized spacial score (nSPS) is 10.4. The van der Waals surface area contributed by atoms with Crippen LogP contribution in [0.5, 0.6) is 6.01 Å². The van der Waals surface area contributed by atoms with Crippen LogP contribution in [-0.4, -0.2) is 21.7 Å². The number of benzene rings is 1. The van der Waals surface area contributed by atoms with Crippen LogP contribution in [-0.2, 0) is 11.3 Å². The number of ether oxygens (including phenoxy) is 2. The van der Waals surface area contributed by atoms with Crippen LogP contribution < -0.4 is 10.1 Å². The highest BCUT2D eigenvalue weighted by atomic mass is 32.1. The Bertz CT molecular complexity index is 699. The highest BCUT2D eigenvalue weighted by molar-refractivity contribution is 7.80. The summed E-state index contributed by atoms with van der Waals surface area (Å²) in [5, 5.41) is 2.63. The predicted octanol–water partition coefficient (Wildman–Crippen LogP) is 4.24. The topological polar surface area (TPSA) is 56.3 Å². The van der Waals surface area contributed by atoms with Gasteiger partial charge < -0.3 is 9.47 Å². The van der Waals surface area contributed by atoms with Crippen LogP contribution >= 0.6 is 12.2 Å². The Kier molecular flexibility index (Phi) is 7.46. The molecule has 1 heterocycles. The predicted molar refractivity (Wildman–Crippen MR) is 94.4 cm³/mol. The Hall–Kier alpha value is -2.35. The van der Waals surface area contributed by atoms with Gasteiger partial charge in [-0.05, 0) is 36.3 Å². The maximum atomic E-state index is 13.8. The molecule has 1 N–H and O–H groups in total. The summed E-state index contributed by atoms with van der Waals surface area (Å²) in [6.45, 7) is 2.67. The minimum atomic E-state index is -0.673. The molecule has 0 aliphatic carbocycles. The van der Waals surface area contributed by atoms with Crippen molar-refractivity contribution >= 4 is 23.2 Å². The van der Waals surface area contributed by atoms with E-state index < -0.39 is 5.82 Å². The van der Waals surface area contributed by atoms with Gasteiger partial charge in [0.1, 0.15) is 12.4 Å². The van der Waals surface area contributed by atoms with Crippen molar-refractivity contribution < 1.29 is 18.3 Å². The molecule has 25 heavy (non-hydrogen) atoms. The fourth-order valence-corrected chi connectivity index (χ4v) is 2.07. The molecule has 0 saturated heterocycles. The first-order valence-electron chi connectivity index (χ1n) is 7.92. The second-order valence-electron chi connectivity index (χ2n) is 5.23. The van der Waals surface area contributed by atoms with Crippen molar-refractivity contribution in [2.45, 2.75) is 32.8 Å². The number of nitrogens with zero attached hydrogens (tertiary/aromatic N) is 2. The number of thiocarbonyl (C=S) groups is 1. The first-order chi connectivity index (χ1) is 12.1. The highest BCUT2D eigenvalue weighted by Gasteiger charge is 2.10. The lowest BCUT2D eigenvalue weighted by Gasteiger charge is -2.10. The molecule has 134 valence electrons. The quantitative estimate of drug-likeness (QED) is 0.556. The number of anilines is 1. The van der Waals surface area contributed by atoms with E-state index in [9.17, 15) is 8.78 Å². The number of halogens is 2. The Labute approximate surface area is 150 Å². The summed E-state index contributed by atoms with van der Waals surface area (Å²) < 4.78 is 37.3. The third kappa shape index (κ3) is 6.58. The van der Waals surface area contributed by atoms with Gasteiger partial charge in [0.2, 0.25) is 0 Å². The van der Waals surface area contributed by atoms with Gasteiger partial charge in [-0.25, -0.2) is 13.8 Å². The van der Waals surface area contributed by atoms with Crippen LogP contribution in [0.25, 0.3) is 0 Å². The summed E-state index contributed by atoms with van der Waals surface area (Å²) in [5.74, 6) is -1.13. The molecular formula is C17H19F2N3O2S. The monoisotopic (exact) mass is 367 g/mol. The van der Waals surface area contributed by atoms with Gasteiger partial charge in [-0.2, -0.15) is 4.98 Å². The maximum absolute atomic E-state index is 13.8. The first-order valence-corrected chi connectivity index (χ1v) is 8.33. The van der Waals surface area contributed by atoms with Crippen LogP contribution in [0, 0.1) is 11.6 Å². The summed E-state index contributed by atoms with van der Waals surface area (Å²) in [4.78, 5) is 7.69. The van der Waals surface area contributed by atoms with Crippen molar-refractivity contribution in [2.75, 3.05) is 11.9 Å². The van der Waals surface area contributed by atoms with Gasteiger partial charge in [0, 0.05) is 0 Å². The average molecular weight is 367 g/mol. The van der Waals surface area contributed by atoms with Gasteiger partial charge in [-0.1, -0.05) is 31.9 Å². The van der Waals surface area contributed by atoms with Crippen molar-refractivity contribution in [3.8, 4) is 6.01 Å². The molecule has 2 rings (SSSR count). The molecule has 1 aromatic carbocycles. The van der Waals surface area contributed by atoms with Crippen LogP contribution in [0.1, 0.15) is 31.7 Å². The van der Waals surface area contributed by atoms with E-state index in [1.165, 1.54) is 12.1 Å². The van der Waals surface area contributed by atoms with Crippen molar-refractivity contribution in [1.29, 1.82) is 0 Å². The van der Waals surface area contributed by atoms with Gasteiger partial charge in [0.15, 0.2) is 11.6 Å². The standard InChI is InChI=1S/C17H19F2N3O2S/c1-2-3-4-9-23-17(25)22-15-14(19)10-20-16(21-15)24-11-12-5-7-13(18)8-6-12/h5-8,10H,2-4,9,11H2,1H3,(H,20,21,22,25). The van der Waals surface area contributed by atoms with E-state index in [2.05, 4.69) is 22.2 Å². The van der Waals surface area contributed by atoms with E-state index in [1.807, 2.05) is 0 Å². The molecule has 0 spiro atoms. The smallest absolute Gasteiger partial charge is 0.318 e. The zero-order valence-corrected chi connectivity index (χ0v) is 14.6. The van der Waals surface area contributed by atoms with Crippen molar-refractivity contribution in [2.24, 2.45) is 0 Å². The van der Waals surface area contributed by atoms with E-state index in [4.69, 9.17) is 21.7 Å². The summed E-state index contributed by atoms with van der Waals surface area (Å²) >= 11 is 5.01. The Morgan fingerprint density at radius 3 is 2.68 bits per heavy atom. The number of hydrogen-bond donors (Lipinski definition) is 1. The number of hydrogen-bond acceptors (Lipinski definition) is 5. The minimum absolute atomic E-state index is 0.0259. The third-order valence-electron chi connectivity index (χ3n) is 3.20. The number of rotatable bonds is 8. The lowest BCUT2D eigenvalue weighted by atomic mass is 10.2. The molecule has 0 bridgehead atoms. The Morgan fingerprint density at radius 1 is 1.20 bits per heavy atom. The Morgan fingerprint density at radius 2 is 1.96 bits per heavy atom. The maximum Gasteiger partial charge on any atom is 0.318 e. The van der Waals surface area contributed by atoms with Crippen LogP contribution in [0.2, 0.25) is 0 Å². The lowest BCUT2D eigenvalue weighted by Crippen LogP contribution is -2.16. The first kappa shape index (κ1) is 19.0. The van der Waals surface area contributed by atoms with E-state index in [-0.39, 0.29) is 29.4 Å². The molecule has 0 amide bonds. The fourth-order valence-electron chi connectivity index (χ4n) is 1.89. The molecule has 0 unspecified atom stereocenters. The van der Waals surface area contributed by atoms with Crippen LogP contribution in [0.15, 0.2) is 30.5 Å². The zero-order chi connectivity index (χ0) is 18.1. The molecule has 0 fully saturated rings. The second-order valence-corrected chi connectivity index (χ2v) is 5.60. The summed E-state index contributed by atoms with van der Waals surface area (Å²) in [5.41, 5.74) is 0.735. The molecular weight excluding hydrogens is 348 g/mol. The molecule has 0 radical (unpaired) electrons. The summed E-state index contributed by atoms with van der Waals surface area (Å²) in [7, 11) is 0. The average Bonchev–Trinajstić information content (AvgIpc) is 2.61. The van der Waals surface area contributed by atoms with Gasteiger partial charge >= 0.3 is 6.01 Å². The minimum Gasteiger partial charge on any atom is -0.471 e. The van der Waals surface area contributed by atoms with Gasteiger partial charge in [0.25, 0.3) is 5.17 Å². The van der Waals surface area contributed by atoms with Crippen LogP contribution in [0.3, 0.4) is 0 Å².